The predicted molar refractivity (Wildman–Crippen MR) is 117 cm³/mol. The van der Waals surface area contributed by atoms with Crippen LogP contribution in [0.2, 0.25) is 0 Å². The predicted octanol–water partition coefficient (Wildman–Crippen LogP) is 5.19. The summed E-state index contributed by atoms with van der Waals surface area (Å²) in [4.78, 5) is 21.5. The van der Waals surface area contributed by atoms with Gasteiger partial charge in [0.05, 0.1) is 23.6 Å². The molecular formula is C25H20F3N3O. The molecule has 0 radical (unpaired) electrons. The van der Waals surface area contributed by atoms with Gasteiger partial charge in [-0.05, 0) is 41.8 Å². The van der Waals surface area contributed by atoms with Gasteiger partial charge in [-0.2, -0.15) is 13.2 Å². The second kappa shape index (κ2) is 7.91. The van der Waals surface area contributed by atoms with Crippen LogP contribution < -0.4 is 4.90 Å². The van der Waals surface area contributed by atoms with Crippen LogP contribution >= 0.6 is 0 Å². The molecule has 4 nitrogen and oxygen atoms in total. The Labute approximate surface area is 183 Å². The number of anilines is 1. The van der Waals surface area contributed by atoms with Crippen LogP contribution in [0.5, 0.6) is 0 Å². The number of fused-ring (bicyclic) bond motifs is 2. The van der Waals surface area contributed by atoms with Crippen molar-refractivity contribution in [2.45, 2.75) is 19.1 Å². The first-order valence-electron chi connectivity index (χ1n) is 10.4. The Morgan fingerprint density at radius 1 is 0.906 bits per heavy atom. The van der Waals surface area contributed by atoms with Crippen LogP contribution in [0.4, 0.5) is 24.5 Å². The van der Waals surface area contributed by atoms with E-state index in [0.29, 0.717) is 12.2 Å². The third-order valence-corrected chi connectivity index (χ3v) is 5.86. The number of nitrogens with zero attached hydrogens (tertiary/aromatic N) is 3. The minimum Gasteiger partial charge on any atom is -0.293 e. The summed E-state index contributed by atoms with van der Waals surface area (Å²) in [6.07, 6.45) is -3.56. The van der Waals surface area contributed by atoms with Crippen LogP contribution in [0.15, 0.2) is 77.8 Å². The zero-order valence-corrected chi connectivity index (χ0v) is 17.1. The summed E-state index contributed by atoms with van der Waals surface area (Å²) in [5.74, 6) is -0.303. The topological polar surface area (TPSA) is 35.9 Å². The minimum atomic E-state index is -4.47. The standard InChI is InChI=1S/C25H20F3N3O/c26-25(27,28)19-8-5-9-20(14-19)29-23-21-10-3-4-11-22(21)31(24(23)32)16-30-13-12-17-6-1-2-7-18(17)15-30/h1-11,14H,12-13,15-16H2. The first-order valence-corrected chi connectivity index (χ1v) is 10.4. The summed E-state index contributed by atoms with van der Waals surface area (Å²) in [7, 11) is 0. The van der Waals surface area contributed by atoms with Gasteiger partial charge in [-0.3, -0.25) is 14.6 Å². The zero-order chi connectivity index (χ0) is 22.3. The van der Waals surface area contributed by atoms with Crippen molar-refractivity contribution in [3.63, 3.8) is 0 Å². The molecule has 7 heteroatoms. The monoisotopic (exact) mass is 435 g/mol. The highest BCUT2D eigenvalue weighted by atomic mass is 19.4. The highest BCUT2D eigenvalue weighted by Crippen LogP contribution is 2.34. The molecule has 162 valence electrons. The van der Waals surface area contributed by atoms with E-state index in [9.17, 15) is 18.0 Å². The number of rotatable bonds is 3. The number of para-hydroxylation sites is 1. The molecule has 2 aliphatic heterocycles. The molecule has 0 bridgehead atoms. The van der Waals surface area contributed by atoms with Gasteiger partial charge in [0, 0.05) is 18.7 Å². The van der Waals surface area contributed by atoms with Gasteiger partial charge in [-0.25, -0.2) is 4.99 Å². The van der Waals surface area contributed by atoms with E-state index in [1.807, 2.05) is 24.3 Å². The molecule has 0 N–H and O–H groups in total. The van der Waals surface area contributed by atoms with Crippen LogP contribution in [0.1, 0.15) is 22.3 Å². The molecule has 0 atom stereocenters. The van der Waals surface area contributed by atoms with Crippen molar-refractivity contribution in [2.24, 2.45) is 4.99 Å². The highest BCUT2D eigenvalue weighted by molar-refractivity contribution is 6.54. The van der Waals surface area contributed by atoms with E-state index in [1.165, 1.54) is 23.3 Å². The Morgan fingerprint density at radius 2 is 1.66 bits per heavy atom. The van der Waals surface area contributed by atoms with E-state index >= 15 is 0 Å². The van der Waals surface area contributed by atoms with Gasteiger partial charge in [0.2, 0.25) is 0 Å². The normalized spacial score (nSPS) is 17.5. The van der Waals surface area contributed by atoms with Crippen LogP contribution in [0.25, 0.3) is 0 Å². The van der Waals surface area contributed by atoms with Crippen LogP contribution in [-0.2, 0) is 23.9 Å². The lowest BCUT2D eigenvalue weighted by atomic mass is 10.0. The molecule has 5 rings (SSSR count). The maximum absolute atomic E-state index is 13.3. The van der Waals surface area contributed by atoms with E-state index in [1.54, 1.807) is 17.0 Å². The van der Waals surface area contributed by atoms with Crippen molar-refractivity contribution in [2.75, 3.05) is 18.1 Å². The molecule has 3 aromatic rings. The molecule has 32 heavy (non-hydrogen) atoms. The first-order chi connectivity index (χ1) is 15.4. The van der Waals surface area contributed by atoms with Crippen molar-refractivity contribution in [1.82, 2.24) is 4.90 Å². The summed E-state index contributed by atoms with van der Waals surface area (Å²) >= 11 is 0. The molecule has 3 aromatic carbocycles. The van der Waals surface area contributed by atoms with E-state index < -0.39 is 11.7 Å². The maximum Gasteiger partial charge on any atom is 0.416 e. The molecule has 0 aliphatic carbocycles. The average molecular weight is 435 g/mol. The number of hydrogen-bond acceptors (Lipinski definition) is 3. The number of hydrogen-bond donors (Lipinski definition) is 0. The number of amides is 1. The van der Waals surface area contributed by atoms with Gasteiger partial charge in [0.1, 0.15) is 5.71 Å². The second-order valence-electron chi connectivity index (χ2n) is 7.97. The molecule has 0 aromatic heterocycles. The number of carbonyl (C=O) groups is 1. The van der Waals surface area contributed by atoms with E-state index in [0.717, 1.165) is 37.3 Å². The van der Waals surface area contributed by atoms with Gasteiger partial charge in [0.25, 0.3) is 5.91 Å². The van der Waals surface area contributed by atoms with Crippen LogP contribution in [0, 0.1) is 0 Å². The van der Waals surface area contributed by atoms with E-state index in [-0.39, 0.29) is 17.3 Å². The van der Waals surface area contributed by atoms with Crippen molar-refractivity contribution in [3.8, 4) is 0 Å². The fraction of sp³-hybridized carbons (Fsp3) is 0.200. The van der Waals surface area contributed by atoms with Gasteiger partial charge >= 0.3 is 6.18 Å². The number of alkyl halides is 3. The molecule has 0 fully saturated rings. The molecular weight excluding hydrogens is 415 g/mol. The first kappa shape index (κ1) is 20.5. The van der Waals surface area contributed by atoms with E-state index in [2.05, 4.69) is 22.0 Å². The fourth-order valence-electron chi connectivity index (χ4n) is 4.27. The molecule has 0 saturated carbocycles. The Kier molecular flexibility index (Phi) is 5.06. The molecule has 0 saturated heterocycles. The summed E-state index contributed by atoms with van der Waals surface area (Å²) < 4.78 is 39.3. The van der Waals surface area contributed by atoms with Crippen LogP contribution in [-0.4, -0.2) is 29.7 Å². The maximum atomic E-state index is 13.3. The highest BCUT2D eigenvalue weighted by Gasteiger charge is 2.35. The van der Waals surface area contributed by atoms with Gasteiger partial charge in [-0.15, -0.1) is 0 Å². The summed E-state index contributed by atoms with van der Waals surface area (Å²) in [5.41, 5.74) is 3.40. The Balaban J connectivity index is 1.45. The van der Waals surface area contributed by atoms with Gasteiger partial charge < -0.3 is 0 Å². The average Bonchev–Trinajstić information content (AvgIpc) is 3.05. The van der Waals surface area contributed by atoms with Crippen molar-refractivity contribution < 1.29 is 18.0 Å². The summed E-state index contributed by atoms with van der Waals surface area (Å²) in [6, 6.07) is 20.3. The van der Waals surface area contributed by atoms with Gasteiger partial charge in [0.15, 0.2) is 0 Å². The lowest BCUT2D eigenvalue weighted by Gasteiger charge is -2.32. The summed E-state index contributed by atoms with van der Waals surface area (Å²) in [5, 5.41) is 0. The smallest absolute Gasteiger partial charge is 0.293 e. The molecule has 0 unspecified atom stereocenters. The number of aliphatic imine (C=N–C) groups is 1. The SMILES string of the molecule is O=C1C(=Nc2cccc(C(F)(F)F)c2)c2ccccc2N1CN1CCc2ccccc2C1. The largest absolute Gasteiger partial charge is 0.416 e. The minimum absolute atomic E-state index is 0.103. The quantitative estimate of drug-likeness (QED) is 0.568. The molecule has 2 aliphatic rings. The number of benzene rings is 3. The third kappa shape index (κ3) is 3.80. The molecule has 0 spiro atoms. The lowest BCUT2D eigenvalue weighted by molar-refractivity contribution is -0.137. The Morgan fingerprint density at radius 3 is 2.47 bits per heavy atom. The van der Waals surface area contributed by atoms with Crippen molar-refractivity contribution in [1.29, 1.82) is 0 Å². The van der Waals surface area contributed by atoms with Crippen molar-refractivity contribution >= 4 is 23.0 Å². The lowest BCUT2D eigenvalue weighted by Crippen LogP contribution is -2.43. The molecule has 1 amide bonds. The fourth-order valence-corrected chi connectivity index (χ4v) is 4.27. The number of halogens is 3. The Bertz CT molecular complexity index is 1220. The van der Waals surface area contributed by atoms with Crippen LogP contribution in [0.3, 0.4) is 0 Å². The van der Waals surface area contributed by atoms with Gasteiger partial charge in [-0.1, -0.05) is 48.5 Å². The number of carbonyl (C=O) groups excluding carboxylic acids is 1. The van der Waals surface area contributed by atoms with Crippen molar-refractivity contribution in [3.05, 3.63) is 95.1 Å². The second-order valence-corrected chi connectivity index (χ2v) is 7.97. The van der Waals surface area contributed by atoms with E-state index in [4.69, 9.17) is 0 Å². The Hall–Kier alpha value is -3.45. The molecule has 2 heterocycles. The summed E-state index contributed by atoms with van der Waals surface area (Å²) in [6.45, 7) is 1.96. The zero-order valence-electron chi connectivity index (χ0n) is 17.1. The third-order valence-electron chi connectivity index (χ3n) is 5.86.